The van der Waals surface area contributed by atoms with Gasteiger partial charge in [-0.2, -0.15) is 5.10 Å². The molecular formula is C11H8N4O2. The van der Waals surface area contributed by atoms with Gasteiger partial charge in [0, 0.05) is 6.07 Å². The Morgan fingerprint density at radius 1 is 1.35 bits per heavy atom. The van der Waals surface area contributed by atoms with Crippen LogP contribution in [0.5, 0.6) is 0 Å². The van der Waals surface area contributed by atoms with E-state index in [0.717, 1.165) is 12.0 Å². The minimum Gasteiger partial charge on any atom is -0.515 e. The maximum Gasteiger partial charge on any atom is 0.218 e. The van der Waals surface area contributed by atoms with Gasteiger partial charge in [-0.15, -0.1) is 10.2 Å². The van der Waals surface area contributed by atoms with E-state index in [1.165, 1.54) is 6.07 Å². The van der Waals surface area contributed by atoms with E-state index < -0.39 is 0 Å². The number of aromatic nitrogens is 4. The SMILES string of the molecule is Cc1cc2nnc3c(=O)/c(=C/O)ccc3n2n1. The van der Waals surface area contributed by atoms with Gasteiger partial charge in [0.05, 0.1) is 22.7 Å². The smallest absolute Gasteiger partial charge is 0.218 e. The third-order valence-electron chi connectivity index (χ3n) is 2.57. The van der Waals surface area contributed by atoms with Crippen molar-refractivity contribution in [1.82, 2.24) is 19.8 Å². The van der Waals surface area contributed by atoms with E-state index in [4.69, 9.17) is 5.11 Å². The van der Waals surface area contributed by atoms with Gasteiger partial charge in [0.15, 0.2) is 11.2 Å². The highest BCUT2D eigenvalue weighted by Gasteiger charge is 2.08. The van der Waals surface area contributed by atoms with Gasteiger partial charge in [-0.1, -0.05) is 0 Å². The first-order valence-electron chi connectivity index (χ1n) is 5.01. The zero-order valence-electron chi connectivity index (χ0n) is 8.95. The lowest BCUT2D eigenvalue weighted by Crippen LogP contribution is -2.25. The normalized spacial score (nSPS) is 12.6. The predicted molar refractivity (Wildman–Crippen MR) is 61.6 cm³/mol. The monoisotopic (exact) mass is 228 g/mol. The summed E-state index contributed by atoms with van der Waals surface area (Å²) >= 11 is 0. The molecule has 0 atom stereocenters. The number of aliphatic hydroxyl groups excluding tert-OH is 1. The first-order valence-corrected chi connectivity index (χ1v) is 5.01. The van der Waals surface area contributed by atoms with Crippen LogP contribution in [0.3, 0.4) is 0 Å². The molecule has 0 aliphatic rings. The van der Waals surface area contributed by atoms with Crippen molar-refractivity contribution in [3.8, 4) is 0 Å². The Kier molecular flexibility index (Phi) is 1.85. The highest BCUT2D eigenvalue weighted by atomic mass is 16.2. The van der Waals surface area contributed by atoms with Crippen LogP contribution < -0.4 is 10.6 Å². The second kappa shape index (κ2) is 3.24. The molecule has 6 nitrogen and oxygen atoms in total. The van der Waals surface area contributed by atoms with E-state index in [1.54, 1.807) is 16.6 Å². The van der Waals surface area contributed by atoms with E-state index in [-0.39, 0.29) is 16.2 Å². The fraction of sp³-hybridized carbons (Fsp3) is 0.0909. The Morgan fingerprint density at radius 3 is 2.94 bits per heavy atom. The van der Waals surface area contributed by atoms with Gasteiger partial charge >= 0.3 is 0 Å². The number of aliphatic hydroxyl groups is 1. The molecule has 3 rings (SSSR count). The molecule has 1 aromatic carbocycles. The van der Waals surface area contributed by atoms with Crippen LogP contribution in [0.4, 0.5) is 0 Å². The van der Waals surface area contributed by atoms with E-state index in [9.17, 15) is 4.79 Å². The van der Waals surface area contributed by atoms with Crippen LogP contribution in [0.25, 0.3) is 22.9 Å². The average molecular weight is 228 g/mol. The van der Waals surface area contributed by atoms with Crippen molar-refractivity contribution < 1.29 is 5.11 Å². The summed E-state index contributed by atoms with van der Waals surface area (Å²) in [5.74, 6) is 0. The van der Waals surface area contributed by atoms with Crippen molar-refractivity contribution in [3.63, 3.8) is 0 Å². The molecule has 0 fully saturated rings. The minimum atomic E-state index is -0.354. The van der Waals surface area contributed by atoms with Crippen molar-refractivity contribution in [2.45, 2.75) is 6.92 Å². The summed E-state index contributed by atoms with van der Waals surface area (Å²) in [7, 11) is 0. The zero-order valence-corrected chi connectivity index (χ0v) is 8.95. The number of rotatable bonds is 0. The number of benzene rings is 1. The molecular weight excluding hydrogens is 220 g/mol. The molecule has 0 radical (unpaired) electrons. The first kappa shape index (κ1) is 9.71. The summed E-state index contributed by atoms with van der Waals surface area (Å²) in [6, 6.07) is 5.00. The fourth-order valence-electron chi connectivity index (χ4n) is 1.78. The molecule has 6 heteroatoms. The topological polar surface area (TPSA) is 80.4 Å². The summed E-state index contributed by atoms with van der Waals surface area (Å²) in [5.41, 5.74) is 1.82. The third-order valence-corrected chi connectivity index (χ3v) is 2.57. The lowest BCUT2D eigenvalue weighted by atomic mass is 10.2. The lowest BCUT2D eigenvalue weighted by Gasteiger charge is -1.97. The van der Waals surface area contributed by atoms with Gasteiger partial charge in [-0.3, -0.25) is 4.79 Å². The summed E-state index contributed by atoms with van der Waals surface area (Å²) in [4.78, 5) is 11.9. The fourth-order valence-corrected chi connectivity index (χ4v) is 1.78. The van der Waals surface area contributed by atoms with Gasteiger partial charge in [0.2, 0.25) is 5.43 Å². The molecule has 3 aromatic rings. The highest BCUT2D eigenvalue weighted by molar-refractivity contribution is 5.76. The van der Waals surface area contributed by atoms with Gasteiger partial charge in [0.1, 0.15) is 0 Å². The summed E-state index contributed by atoms with van der Waals surface area (Å²) in [6.07, 6.45) is 0.766. The number of fused-ring (bicyclic) bond motifs is 3. The second-order valence-corrected chi connectivity index (χ2v) is 3.74. The highest BCUT2D eigenvalue weighted by Crippen LogP contribution is 2.08. The summed E-state index contributed by atoms with van der Waals surface area (Å²) in [6.45, 7) is 1.84. The van der Waals surface area contributed by atoms with Gasteiger partial charge < -0.3 is 5.11 Å². The molecule has 84 valence electrons. The van der Waals surface area contributed by atoms with Gasteiger partial charge in [-0.25, -0.2) is 4.52 Å². The standard InChI is InChI=1S/C11H8N4O2/c1-6-4-9-12-13-10-8(15(9)14-6)3-2-7(5-16)11(10)17/h2-5,16H,1H3/b7-5+. The Balaban J connectivity index is 2.62. The molecule has 2 heterocycles. The quantitative estimate of drug-likeness (QED) is 0.584. The number of hydrogen-bond acceptors (Lipinski definition) is 5. The van der Waals surface area contributed by atoms with Crippen LogP contribution in [0.2, 0.25) is 0 Å². The van der Waals surface area contributed by atoms with E-state index in [0.29, 0.717) is 11.2 Å². The zero-order chi connectivity index (χ0) is 12.0. The molecule has 2 aromatic heterocycles. The molecule has 0 aliphatic carbocycles. The summed E-state index contributed by atoms with van der Waals surface area (Å²) < 4.78 is 1.57. The molecule has 1 N–H and O–H groups in total. The van der Waals surface area contributed by atoms with E-state index >= 15 is 0 Å². The maximum atomic E-state index is 11.9. The number of hydrogen-bond donors (Lipinski definition) is 1. The number of aryl methyl sites for hydroxylation is 1. The largest absolute Gasteiger partial charge is 0.515 e. The Labute approximate surface area is 94.8 Å². The molecule has 0 aliphatic heterocycles. The Morgan fingerprint density at radius 2 is 2.18 bits per heavy atom. The van der Waals surface area contributed by atoms with Crippen LogP contribution in [0.15, 0.2) is 23.0 Å². The Hall–Kier alpha value is -2.50. The molecule has 0 amide bonds. The van der Waals surface area contributed by atoms with Crippen LogP contribution in [0, 0.1) is 6.92 Å². The van der Waals surface area contributed by atoms with Crippen molar-refractivity contribution in [2.75, 3.05) is 0 Å². The molecule has 17 heavy (non-hydrogen) atoms. The van der Waals surface area contributed by atoms with Crippen LogP contribution in [0.1, 0.15) is 5.69 Å². The van der Waals surface area contributed by atoms with Crippen molar-refractivity contribution in [1.29, 1.82) is 0 Å². The molecule has 0 bridgehead atoms. The predicted octanol–water partition coefficient (Wildman–Crippen LogP) is -0.0390. The minimum absolute atomic E-state index is 0.190. The average Bonchev–Trinajstić information content (AvgIpc) is 2.70. The molecule has 0 saturated heterocycles. The van der Waals surface area contributed by atoms with Gasteiger partial charge in [0.25, 0.3) is 0 Å². The van der Waals surface area contributed by atoms with E-state index in [2.05, 4.69) is 15.3 Å². The van der Waals surface area contributed by atoms with Crippen LogP contribution in [-0.2, 0) is 0 Å². The molecule has 0 spiro atoms. The maximum absolute atomic E-state index is 11.9. The molecule has 0 unspecified atom stereocenters. The lowest BCUT2D eigenvalue weighted by molar-refractivity contribution is 0.540. The number of nitrogens with zero attached hydrogens (tertiary/aromatic N) is 4. The Bertz CT molecular complexity index is 838. The third kappa shape index (κ3) is 1.27. The van der Waals surface area contributed by atoms with Gasteiger partial charge in [-0.05, 0) is 19.1 Å². The summed E-state index contributed by atoms with van der Waals surface area (Å²) in [5, 5.41) is 21.1. The van der Waals surface area contributed by atoms with Crippen molar-refractivity contribution in [3.05, 3.63) is 39.3 Å². The van der Waals surface area contributed by atoms with E-state index in [1.807, 2.05) is 6.92 Å². The second-order valence-electron chi connectivity index (χ2n) is 3.74. The van der Waals surface area contributed by atoms with Crippen molar-refractivity contribution >= 4 is 22.9 Å². The van der Waals surface area contributed by atoms with Crippen LogP contribution >= 0.6 is 0 Å². The molecule has 0 saturated carbocycles. The van der Waals surface area contributed by atoms with Crippen molar-refractivity contribution in [2.24, 2.45) is 0 Å². The first-order chi connectivity index (χ1) is 8.20. The van der Waals surface area contributed by atoms with Crippen LogP contribution in [-0.4, -0.2) is 24.9 Å².